The van der Waals surface area contributed by atoms with Gasteiger partial charge in [0.15, 0.2) is 0 Å². The maximum Gasteiger partial charge on any atom is 0.240 e. The van der Waals surface area contributed by atoms with Gasteiger partial charge in [-0.25, -0.2) is 18.1 Å². The second-order valence-electron chi connectivity index (χ2n) is 11.2. The quantitative estimate of drug-likeness (QED) is 0.435. The highest BCUT2D eigenvalue weighted by Gasteiger charge is 2.24. The molecule has 1 aliphatic carbocycles. The first kappa shape index (κ1) is 26.4. The van der Waals surface area contributed by atoms with Gasteiger partial charge in [-0.1, -0.05) is 45.0 Å². The highest BCUT2D eigenvalue weighted by molar-refractivity contribution is 7.89. The third-order valence-electron chi connectivity index (χ3n) is 7.11. The van der Waals surface area contributed by atoms with Gasteiger partial charge in [0.25, 0.3) is 0 Å². The molecule has 0 saturated heterocycles. The minimum Gasteiger partial charge on any atom is -0.362 e. The van der Waals surface area contributed by atoms with Crippen molar-refractivity contribution in [2.24, 2.45) is 11.8 Å². The summed E-state index contributed by atoms with van der Waals surface area (Å²) in [6.07, 6.45) is 4.15. The van der Waals surface area contributed by atoms with Gasteiger partial charge < -0.3 is 10.2 Å². The molecule has 2 N–H and O–H groups in total. The number of benzene rings is 2. The summed E-state index contributed by atoms with van der Waals surface area (Å²) in [7, 11) is 0.496. The van der Waals surface area contributed by atoms with E-state index in [1.165, 1.54) is 0 Å². The van der Waals surface area contributed by atoms with E-state index in [1.54, 1.807) is 12.1 Å². The van der Waals surface area contributed by atoms with Crippen molar-refractivity contribution in [3.8, 4) is 0 Å². The number of sulfonamides is 1. The largest absolute Gasteiger partial charge is 0.362 e. The van der Waals surface area contributed by atoms with E-state index in [0.717, 1.165) is 54.5 Å². The second-order valence-corrected chi connectivity index (χ2v) is 12.9. The molecular weight excluding hydrogens is 470 g/mol. The Bertz CT molecular complexity index is 1280. The Labute approximate surface area is 215 Å². The van der Waals surface area contributed by atoms with Gasteiger partial charge >= 0.3 is 0 Å². The molecule has 0 radical (unpaired) electrons. The van der Waals surface area contributed by atoms with Crippen LogP contribution in [-0.4, -0.2) is 45.6 Å². The van der Waals surface area contributed by atoms with E-state index >= 15 is 0 Å². The molecule has 2 aromatic carbocycles. The number of hydrogen-bond acceptors (Lipinski definition) is 6. The molecule has 0 unspecified atom stereocenters. The molecule has 8 heteroatoms. The molecule has 1 heterocycles. The minimum atomic E-state index is -3.49. The number of nitrogens with one attached hydrogen (secondary N) is 2. The lowest BCUT2D eigenvalue weighted by Crippen LogP contribution is -2.32. The number of anilines is 2. The Morgan fingerprint density at radius 3 is 2.11 bits per heavy atom. The molecule has 0 aliphatic heterocycles. The second kappa shape index (κ2) is 10.7. The highest BCUT2D eigenvalue weighted by Crippen LogP contribution is 2.30. The molecule has 4 rings (SSSR count). The third-order valence-corrected chi connectivity index (χ3v) is 8.55. The summed E-state index contributed by atoms with van der Waals surface area (Å²) in [5, 5.41) is 4.49. The minimum absolute atomic E-state index is 0.00171. The van der Waals surface area contributed by atoms with E-state index in [2.05, 4.69) is 30.8 Å². The van der Waals surface area contributed by atoms with Crippen molar-refractivity contribution in [3.63, 3.8) is 0 Å². The van der Waals surface area contributed by atoms with E-state index in [9.17, 15) is 8.42 Å². The predicted octanol–water partition coefficient (Wildman–Crippen LogP) is 5.19. The van der Waals surface area contributed by atoms with Crippen molar-refractivity contribution in [1.29, 1.82) is 0 Å². The Kier molecular flexibility index (Phi) is 7.85. The zero-order valence-corrected chi connectivity index (χ0v) is 22.9. The van der Waals surface area contributed by atoms with Crippen LogP contribution in [0.15, 0.2) is 53.4 Å². The molecular formula is C28H39N5O2S. The van der Waals surface area contributed by atoms with Crippen LogP contribution in [0.3, 0.4) is 0 Å². The first-order valence-corrected chi connectivity index (χ1v) is 14.3. The van der Waals surface area contributed by atoms with E-state index in [1.807, 2.05) is 55.4 Å². The van der Waals surface area contributed by atoms with E-state index in [0.29, 0.717) is 29.2 Å². The molecule has 1 fully saturated rings. The van der Waals surface area contributed by atoms with Crippen LogP contribution in [0.25, 0.3) is 10.9 Å². The fraction of sp³-hybridized carbons (Fsp3) is 0.500. The smallest absolute Gasteiger partial charge is 0.240 e. The normalized spacial score (nSPS) is 18.8. The zero-order chi connectivity index (χ0) is 25.9. The van der Waals surface area contributed by atoms with Crippen LogP contribution < -0.4 is 14.9 Å². The van der Waals surface area contributed by atoms with Crippen LogP contribution in [0.4, 0.5) is 11.8 Å². The molecule has 1 aliphatic rings. The molecule has 0 bridgehead atoms. The number of nitrogens with zero attached hydrogens (tertiary/aromatic N) is 3. The van der Waals surface area contributed by atoms with Crippen LogP contribution >= 0.6 is 0 Å². The standard InChI is InChI=1S/C28H39N5O2S/c1-28(2,3)22-14-16-23(17-15-22)36(34,35)30-19-21-12-10-20(11-13-21)18-29-27-31-25-9-7-6-8-24(25)26(32-27)33(4)5/h6-9,14-17,20-21,30H,10-13,18-19H2,1-5H3,(H,29,31,32). The van der Waals surface area contributed by atoms with E-state index in [-0.39, 0.29) is 5.41 Å². The van der Waals surface area contributed by atoms with Crippen molar-refractivity contribution in [2.45, 2.75) is 56.8 Å². The van der Waals surface area contributed by atoms with Gasteiger partial charge in [0.2, 0.25) is 16.0 Å². The molecule has 194 valence electrons. The van der Waals surface area contributed by atoms with Gasteiger partial charge in [-0.3, -0.25) is 0 Å². The van der Waals surface area contributed by atoms with Crippen molar-refractivity contribution in [3.05, 3.63) is 54.1 Å². The van der Waals surface area contributed by atoms with Crippen molar-refractivity contribution >= 4 is 32.7 Å². The SMILES string of the molecule is CN(C)c1nc(NCC2CCC(CNS(=O)(=O)c3ccc(C(C)(C)C)cc3)CC2)nc2ccccc12. The maximum atomic E-state index is 12.8. The van der Waals surface area contributed by atoms with Crippen LogP contribution in [0.2, 0.25) is 0 Å². The van der Waals surface area contributed by atoms with Crippen LogP contribution in [0.5, 0.6) is 0 Å². The summed E-state index contributed by atoms with van der Waals surface area (Å²) in [5.41, 5.74) is 2.06. The number of para-hydroxylation sites is 1. The van der Waals surface area contributed by atoms with E-state index < -0.39 is 10.0 Å². The monoisotopic (exact) mass is 509 g/mol. The first-order chi connectivity index (χ1) is 17.0. The van der Waals surface area contributed by atoms with Gasteiger partial charge in [0.1, 0.15) is 5.82 Å². The number of aromatic nitrogens is 2. The maximum absolute atomic E-state index is 12.8. The molecule has 0 spiro atoms. The number of rotatable bonds is 8. The number of fused-ring (bicyclic) bond motifs is 1. The fourth-order valence-corrected chi connectivity index (χ4v) is 5.92. The van der Waals surface area contributed by atoms with Crippen molar-refractivity contribution in [1.82, 2.24) is 14.7 Å². The first-order valence-electron chi connectivity index (χ1n) is 12.8. The molecule has 1 aromatic heterocycles. The molecule has 36 heavy (non-hydrogen) atoms. The fourth-order valence-electron chi connectivity index (χ4n) is 4.80. The lowest BCUT2D eigenvalue weighted by Gasteiger charge is -2.29. The Morgan fingerprint density at radius 2 is 1.50 bits per heavy atom. The van der Waals surface area contributed by atoms with Gasteiger partial charge in [0, 0.05) is 32.6 Å². The van der Waals surface area contributed by atoms with Crippen LogP contribution in [0, 0.1) is 11.8 Å². The lowest BCUT2D eigenvalue weighted by atomic mass is 9.82. The molecule has 1 saturated carbocycles. The Hall–Kier alpha value is -2.71. The molecule has 0 atom stereocenters. The van der Waals surface area contributed by atoms with Crippen LogP contribution in [-0.2, 0) is 15.4 Å². The van der Waals surface area contributed by atoms with Crippen molar-refractivity contribution in [2.75, 3.05) is 37.4 Å². The van der Waals surface area contributed by atoms with Gasteiger partial charge in [0.05, 0.1) is 10.4 Å². The number of hydrogen-bond donors (Lipinski definition) is 2. The third kappa shape index (κ3) is 6.34. The van der Waals surface area contributed by atoms with Gasteiger partial charge in [-0.05, 0) is 72.8 Å². The average Bonchev–Trinajstić information content (AvgIpc) is 2.86. The zero-order valence-electron chi connectivity index (χ0n) is 22.1. The summed E-state index contributed by atoms with van der Waals surface area (Å²) in [4.78, 5) is 11.8. The summed E-state index contributed by atoms with van der Waals surface area (Å²) in [6.45, 7) is 7.68. The van der Waals surface area contributed by atoms with Crippen molar-refractivity contribution < 1.29 is 8.42 Å². The topological polar surface area (TPSA) is 87.2 Å². The van der Waals surface area contributed by atoms with Crippen LogP contribution in [0.1, 0.15) is 52.0 Å². The average molecular weight is 510 g/mol. The molecule has 7 nitrogen and oxygen atoms in total. The molecule has 0 amide bonds. The van der Waals surface area contributed by atoms with Gasteiger partial charge in [-0.2, -0.15) is 4.98 Å². The van der Waals surface area contributed by atoms with Gasteiger partial charge in [-0.15, -0.1) is 0 Å². The predicted molar refractivity (Wildman–Crippen MR) is 148 cm³/mol. The summed E-state index contributed by atoms with van der Waals surface area (Å²) < 4.78 is 28.4. The lowest BCUT2D eigenvalue weighted by molar-refractivity contribution is 0.284. The summed E-state index contributed by atoms with van der Waals surface area (Å²) >= 11 is 0. The summed E-state index contributed by atoms with van der Waals surface area (Å²) in [5.74, 6) is 2.46. The highest BCUT2D eigenvalue weighted by atomic mass is 32.2. The summed E-state index contributed by atoms with van der Waals surface area (Å²) in [6, 6.07) is 15.3. The molecule has 3 aromatic rings. The van der Waals surface area contributed by atoms with E-state index in [4.69, 9.17) is 9.97 Å². The Morgan fingerprint density at radius 1 is 0.889 bits per heavy atom. The Balaban J connectivity index is 1.27.